The van der Waals surface area contributed by atoms with Crippen LogP contribution in [0.4, 0.5) is 5.69 Å². The SMILES string of the molecule is O=C(Nc1cccc(CN2CCC(C(=O)O)C2)c1)c1ccc(Cl)cc1. The summed E-state index contributed by atoms with van der Waals surface area (Å²) in [6.07, 6.45) is 0.683. The summed E-state index contributed by atoms with van der Waals surface area (Å²) in [7, 11) is 0. The zero-order valence-electron chi connectivity index (χ0n) is 13.6. The summed E-state index contributed by atoms with van der Waals surface area (Å²) in [6.45, 7) is 2.02. The van der Waals surface area contributed by atoms with Gasteiger partial charge in [-0.1, -0.05) is 23.7 Å². The Labute approximate surface area is 151 Å². The number of carbonyl (C=O) groups excluding carboxylic acids is 1. The van der Waals surface area contributed by atoms with E-state index >= 15 is 0 Å². The van der Waals surface area contributed by atoms with E-state index in [4.69, 9.17) is 16.7 Å². The highest BCUT2D eigenvalue weighted by molar-refractivity contribution is 6.30. The van der Waals surface area contributed by atoms with Crippen LogP contribution in [0.2, 0.25) is 5.02 Å². The molecule has 0 aliphatic carbocycles. The molecule has 0 spiro atoms. The van der Waals surface area contributed by atoms with Crippen molar-refractivity contribution in [3.8, 4) is 0 Å². The lowest BCUT2D eigenvalue weighted by molar-refractivity contribution is -0.141. The maximum atomic E-state index is 12.3. The predicted octanol–water partition coefficient (Wildman–Crippen LogP) is 3.50. The number of hydrogen-bond acceptors (Lipinski definition) is 3. The van der Waals surface area contributed by atoms with Crippen molar-refractivity contribution in [1.82, 2.24) is 4.90 Å². The van der Waals surface area contributed by atoms with Crippen LogP contribution in [-0.4, -0.2) is 35.0 Å². The number of carboxylic acids is 1. The van der Waals surface area contributed by atoms with Crippen molar-refractivity contribution in [2.75, 3.05) is 18.4 Å². The van der Waals surface area contributed by atoms with Crippen LogP contribution in [0.5, 0.6) is 0 Å². The number of rotatable bonds is 5. The van der Waals surface area contributed by atoms with Gasteiger partial charge >= 0.3 is 5.97 Å². The predicted molar refractivity (Wildman–Crippen MR) is 96.9 cm³/mol. The Balaban J connectivity index is 1.62. The van der Waals surface area contributed by atoms with Crippen LogP contribution >= 0.6 is 11.6 Å². The van der Waals surface area contributed by atoms with Crippen LogP contribution in [-0.2, 0) is 11.3 Å². The zero-order valence-corrected chi connectivity index (χ0v) is 14.4. The molecule has 1 atom stereocenters. The summed E-state index contributed by atoms with van der Waals surface area (Å²) in [5.41, 5.74) is 2.30. The third-order valence-corrected chi connectivity index (χ3v) is 4.57. The molecular formula is C19H19ClN2O3. The van der Waals surface area contributed by atoms with Gasteiger partial charge in [-0.25, -0.2) is 0 Å². The second-order valence-electron chi connectivity index (χ2n) is 6.22. The van der Waals surface area contributed by atoms with Crippen molar-refractivity contribution in [3.63, 3.8) is 0 Å². The van der Waals surface area contributed by atoms with Gasteiger partial charge in [0.05, 0.1) is 5.92 Å². The van der Waals surface area contributed by atoms with Crippen molar-refractivity contribution in [3.05, 3.63) is 64.7 Å². The molecule has 1 heterocycles. The van der Waals surface area contributed by atoms with E-state index in [1.165, 1.54) is 0 Å². The molecule has 0 radical (unpaired) electrons. The number of aliphatic carboxylic acids is 1. The molecule has 2 aromatic rings. The van der Waals surface area contributed by atoms with Crippen molar-refractivity contribution < 1.29 is 14.7 Å². The first kappa shape index (κ1) is 17.5. The molecule has 5 nitrogen and oxygen atoms in total. The van der Waals surface area contributed by atoms with E-state index in [0.717, 1.165) is 12.1 Å². The van der Waals surface area contributed by atoms with Crippen LogP contribution in [0, 0.1) is 5.92 Å². The van der Waals surface area contributed by atoms with Crippen LogP contribution in [0.3, 0.4) is 0 Å². The zero-order chi connectivity index (χ0) is 17.8. The monoisotopic (exact) mass is 358 g/mol. The van der Waals surface area contributed by atoms with Gasteiger partial charge in [0.2, 0.25) is 0 Å². The molecule has 2 aromatic carbocycles. The Kier molecular flexibility index (Phi) is 5.36. The number of nitrogens with one attached hydrogen (secondary N) is 1. The Morgan fingerprint density at radius 1 is 1.20 bits per heavy atom. The highest BCUT2D eigenvalue weighted by Crippen LogP contribution is 2.20. The number of carboxylic acid groups (broad SMARTS) is 1. The Hall–Kier alpha value is -2.37. The molecule has 2 N–H and O–H groups in total. The number of carbonyl (C=O) groups is 2. The molecule has 1 fully saturated rings. The van der Waals surface area contributed by atoms with E-state index in [1.807, 2.05) is 24.3 Å². The van der Waals surface area contributed by atoms with E-state index in [-0.39, 0.29) is 11.8 Å². The van der Waals surface area contributed by atoms with E-state index in [9.17, 15) is 9.59 Å². The first-order valence-electron chi connectivity index (χ1n) is 8.12. The molecule has 1 aliphatic rings. The summed E-state index contributed by atoms with van der Waals surface area (Å²) >= 11 is 5.84. The minimum absolute atomic E-state index is 0.194. The molecule has 1 amide bonds. The molecular weight excluding hydrogens is 340 g/mol. The number of anilines is 1. The van der Waals surface area contributed by atoms with Crippen LogP contribution in [0.15, 0.2) is 48.5 Å². The van der Waals surface area contributed by atoms with E-state index in [2.05, 4.69) is 10.2 Å². The quantitative estimate of drug-likeness (QED) is 0.858. The van der Waals surface area contributed by atoms with Crippen molar-refractivity contribution in [2.45, 2.75) is 13.0 Å². The number of benzene rings is 2. The molecule has 0 aromatic heterocycles. The van der Waals surface area contributed by atoms with Gasteiger partial charge < -0.3 is 10.4 Å². The molecule has 1 aliphatic heterocycles. The lowest BCUT2D eigenvalue weighted by Gasteiger charge is -2.16. The Morgan fingerprint density at radius 3 is 2.64 bits per heavy atom. The van der Waals surface area contributed by atoms with Gasteiger partial charge in [0.15, 0.2) is 0 Å². The van der Waals surface area contributed by atoms with Gasteiger partial charge in [0, 0.05) is 29.4 Å². The van der Waals surface area contributed by atoms with Gasteiger partial charge in [0.25, 0.3) is 5.91 Å². The average Bonchev–Trinajstić information content (AvgIpc) is 3.04. The number of nitrogens with zero attached hydrogens (tertiary/aromatic N) is 1. The molecule has 1 saturated heterocycles. The third kappa shape index (κ3) is 4.59. The van der Waals surface area contributed by atoms with E-state index in [1.54, 1.807) is 24.3 Å². The summed E-state index contributed by atoms with van der Waals surface area (Å²) in [5, 5.41) is 12.5. The minimum Gasteiger partial charge on any atom is -0.481 e. The molecule has 6 heteroatoms. The lowest BCUT2D eigenvalue weighted by Crippen LogP contribution is -2.22. The topological polar surface area (TPSA) is 69.6 Å². The summed E-state index contributed by atoms with van der Waals surface area (Å²) in [5.74, 6) is -1.21. The second-order valence-corrected chi connectivity index (χ2v) is 6.66. The lowest BCUT2D eigenvalue weighted by atomic mass is 10.1. The largest absolute Gasteiger partial charge is 0.481 e. The van der Waals surface area contributed by atoms with Gasteiger partial charge in [-0.2, -0.15) is 0 Å². The standard InChI is InChI=1S/C19H19ClN2O3/c20-16-6-4-14(5-7-16)18(23)21-17-3-1-2-13(10-17)11-22-9-8-15(12-22)19(24)25/h1-7,10,15H,8-9,11-12H2,(H,21,23)(H,24,25). The van der Waals surface area contributed by atoms with Crippen molar-refractivity contribution in [2.24, 2.45) is 5.92 Å². The number of amides is 1. The number of likely N-dealkylation sites (tertiary alicyclic amines) is 1. The van der Waals surface area contributed by atoms with E-state index in [0.29, 0.717) is 35.8 Å². The molecule has 0 bridgehead atoms. The van der Waals surface area contributed by atoms with Gasteiger partial charge in [-0.3, -0.25) is 14.5 Å². The fraction of sp³-hybridized carbons (Fsp3) is 0.263. The molecule has 1 unspecified atom stereocenters. The smallest absolute Gasteiger partial charge is 0.307 e. The maximum Gasteiger partial charge on any atom is 0.307 e. The first-order chi connectivity index (χ1) is 12.0. The molecule has 130 valence electrons. The summed E-state index contributed by atoms with van der Waals surface area (Å²) in [4.78, 5) is 25.4. The highest BCUT2D eigenvalue weighted by Gasteiger charge is 2.27. The Bertz CT molecular complexity index is 776. The average molecular weight is 359 g/mol. The molecule has 0 saturated carbocycles. The van der Waals surface area contributed by atoms with Crippen LogP contribution in [0.1, 0.15) is 22.3 Å². The third-order valence-electron chi connectivity index (χ3n) is 4.32. The van der Waals surface area contributed by atoms with E-state index < -0.39 is 5.97 Å². The van der Waals surface area contributed by atoms with Gasteiger partial charge in [-0.15, -0.1) is 0 Å². The molecule has 3 rings (SSSR count). The van der Waals surface area contributed by atoms with Crippen molar-refractivity contribution in [1.29, 1.82) is 0 Å². The van der Waals surface area contributed by atoms with Gasteiger partial charge in [-0.05, 0) is 54.9 Å². The van der Waals surface area contributed by atoms with Crippen LogP contribution in [0.25, 0.3) is 0 Å². The minimum atomic E-state index is -0.730. The summed E-state index contributed by atoms with van der Waals surface area (Å²) < 4.78 is 0. The Morgan fingerprint density at radius 2 is 1.96 bits per heavy atom. The molecule has 25 heavy (non-hydrogen) atoms. The second kappa shape index (κ2) is 7.68. The fourth-order valence-corrected chi connectivity index (χ4v) is 3.11. The normalized spacial score (nSPS) is 17.4. The first-order valence-corrected chi connectivity index (χ1v) is 8.50. The van der Waals surface area contributed by atoms with Crippen LogP contribution < -0.4 is 5.32 Å². The van der Waals surface area contributed by atoms with Crippen molar-refractivity contribution >= 4 is 29.2 Å². The fourth-order valence-electron chi connectivity index (χ4n) is 2.99. The number of hydrogen-bond donors (Lipinski definition) is 2. The number of halogens is 1. The highest BCUT2D eigenvalue weighted by atomic mass is 35.5. The van der Waals surface area contributed by atoms with Gasteiger partial charge in [0.1, 0.15) is 0 Å². The maximum absolute atomic E-state index is 12.3. The summed E-state index contributed by atoms with van der Waals surface area (Å²) in [6, 6.07) is 14.3.